The van der Waals surface area contributed by atoms with Crippen LogP contribution in [0.1, 0.15) is 18.1 Å². The van der Waals surface area contributed by atoms with E-state index in [2.05, 4.69) is 4.72 Å². The topological polar surface area (TPSA) is 72.5 Å². The van der Waals surface area contributed by atoms with E-state index >= 15 is 0 Å². The van der Waals surface area contributed by atoms with E-state index in [1.54, 1.807) is 31.2 Å². The van der Waals surface area contributed by atoms with E-state index in [4.69, 9.17) is 4.74 Å². The number of nitrogens with one attached hydrogen (secondary N) is 1. The minimum Gasteiger partial charge on any atom is -0.464 e. The lowest BCUT2D eigenvalue weighted by Crippen LogP contribution is -2.48. The highest BCUT2D eigenvalue weighted by Gasteiger charge is 2.55. The quantitative estimate of drug-likeness (QED) is 0.704. The molecule has 1 atom stereocenters. The Hall–Kier alpha value is -2.77. The summed E-state index contributed by atoms with van der Waals surface area (Å²) < 4.78 is 47.3. The number of sulfonamides is 1. The maximum atomic E-state index is 14.1. The second-order valence-electron chi connectivity index (χ2n) is 6.24. The molecule has 0 spiro atoms. The van der Waals surface area contributed by atoms with Crippen LogP contribution in [0, 0.1) is 5.82 Å². The summed E-state index contributed by atoms with van der Waals surface area (Å²) in [7, 11) is -4.03. The Morgan fingerprint density at radius 3 is 2.59 bits per heavy atom. The molecule has 1 N–H and O–H groups in total. The first kappa shape index (κ1) is 17.6. The third-order valence-corrected chi connectivity index (χ3v) is 6.21. The average molecular weight is 385 g/mol. The van der Waals surface area contributed by atoms with Gasteiger partial charge in [0.1, 0.15) is 5.82 Å². The van der Waals surface area contributed by atoms with Crippen molar-refractivity contribution in [3.8, 4) is 0 Å². The maximum absolute atomic E-state index is 14.1. The van der Waals surface area contributed by atoms with Crippen molar-refractivity contribution in [3.63, 3.8) is 0 Å². The van der Waals surface area contributed by atoms with Crippen molar-refractivity contribution < 1.29 is 22.3 Å². The van der Waals surface area contributed by atoms with Crippen molar-refractivity contribution in [2.24, 2.45) is 0 Å². The van der Waals surface area contributed by atoms with Crippen LogP contribution in [-0.4, -0.2) is 21.0 Å². The summed E-state index contributed by atoms with van der Waals surface area (Å²) in [5.41, 5.74) is -1.43. The van der Waals surface area contributed by atoms with Crippen molar-refractivity contribution in [1.29, 1.82) is 0 Å². The van der Waals surface area contributed by atoms with E-state index in [1.165, 1.54) is 6.07 Å². The molecule has 0 fully saturated rings. The lowest BCUT2D eigenvalue weighted by Gasteiger charge is -2.28. The highest BCUT2D eigenvalue weighted by Crippen LogP contribution is 2.44. The van der Waals surface area contributed by atoms with Gasteiger partial charge in [-0.1, -0.05) is 42.5 Å². The lowest BCUT2D eigenvalue weighted by atomic mass is 9.81. The Morgan fingerprint density at radius 1 is 1.07 bits per heavy atom. The molecule has 1 heterocycles. The molecule has 1 aliphatic heterocycles. The molecule has 1 aliphatic rings. The van der Waals surface area contributed by atoms with Crippen molar-refractivity contribution in [1.82, 2.24) is 4.72 Å². The molecule has 0 saturated carbocycles. The first-order chi connectivity index (χ1) is 12.9. The molecular weight excluding hydrogens is 369 g/mol. The maximum Gasteiger partial charge on any atom is 0.336 e. The molecule has 4 rings (SSSR count). The van der Waals surface area contributed by atoms with Crippen LogP contribution >= 0.6 is 0 Å². The van der Waals surface area contributed by atoms with E-state index in [9.17, 15) is 17.6 Å². The van der Waals surface area contributed by atoms with E-state index in [0.29, 0.717) is 10.9 Å². The van der Waals surface area contributed by atoms with Gasteiger partial charge in [-0.3, -0.25) is 0 Å². The molecule has 0 radical (unpaired) electrons. The molecule has 138 valence electrons. The number of esters is 1. The molecule has 0 aromatic heterocycles. The van der Waals surface area contributed by atoms with Gasteiger partial charge >= 0.3 is 5.97 Å². The summed E-state index contributed by atoms with van der Waals surface area (Å²) in [5, 5.41) is 1.50. The second-order valence-corrected chi connectivity index (χ2v) is 7.89. The first-order valence-corrected chi connectivity index (χ1v) is 9.88. The number of carbonyl (C=O) groups is 1. The first-order valence-electron chi connectivity index (χ1n) is 8.39. The van der Waals surface area contributed by atoms with Gasteiger partial charge < -0.3 is 4.74 Å². The van der Waals surface area contributed by atoms with E-state index < -0.39 is 27.3 Å². The van der Waals surface area contributed by atoms with Gasteiger partial charge in [0.15, 0.2) is 5.54 Å². The Balaban J connectivity index is 2.14. The summed E-state index contributed by atoms with van der Waals surface area (Å²) in [6.07, 6.45) is 0. The number of carbonyl (C=O) groups excluding carboxylic acids is 1. The number of benzene rings is 3. The Morgan fingerprint density at radius 2 is 1.81 bits per heavy atom. The zero-order valence-electron chi connectivity index (χ0n) is 14.4. The smallest absolute Gasteiger partial charge is 0.336 e. The Kier molecular flexibility index (Phi) is 4.01. The summed E-state index contributed by atoms with van der Waals surface area (Å²) in [5.74, 6) is -1.43. The van der Waals surface area contributed by atoms with Crippen LogP contribution < -0.4 is 4.72 Å². The molecular formula is C20H16FNO4S. The number of hydrogen-bond acceptors (Lipinski definition) is 4. The fourth-order valence-corrected chi connectivity index (χ4v) is 5.16. The van der Waals surface area contributed by atoms with Crippen LogP contribution in [-0.2, 0) is 25.1 Å². The molecule has 0 aliphatic carbocycles. The molecule has 0 bridgehead atoms. The predicted octanol–water partition coefficient (Wildman–Crippen LogP) is 3.08. The summed E-state index contributed by atoms with van der Waals surface area (Å²) in [4.78, 5) is 13.0. The van der Waals surface area contributed by atoms with Gasteiger partial charge in [-0.05, 0) is 41.5 Å². The predicted molar refractivity (Wildman–Crippen MR) is 98.1 cm³/mol. The Labute approximate surface area is 155 Å². The second kappa shape index (κ2) is 6.14. The normalized spacial score (nSPS) is 20.4. The number of hydrogen-bond donors (Lipinski definition) is 1. The van der Waals surface area contributed by atoms with E-state index in [1.807, 2.05) is 18.2 Å². The van der Waals surface area contributed by atoms with Crippen LogP contribution in [0.5, 0.6) is 0 Å². The van der Waals surface area contributed by atoms with E-state index in [-0.39, 0.29) is 17.1 Å². The number of ether oxygens (including phenoxy) is 1. The monoisotopic (exact) mass is 385 g/mol. The van der Waals surface area contributed by atoms with Crippen LogP contribution in [0.2, 0.25) is 0 Å². The zero-order chi connectivity index (χ0) is 19.2. The largest absolute Gasteiger partial charge is 0.464 e. The summed E-state index contributed by atoms with van der Waals surface area (Å²) in [6, 6.07) is 15.8. The van der Waals surface area contributed by atoms with E-state index in [0.717, 1.165) is 17.5 Å². The van der Waals surface area contributed by atoms with Crippen molar-refractivity contribution in [3.05, 3.63) is 77.6 Å². The van der Waals surface area contributed by atoms with Crippen LogP contribution in [0.4, 0.5) is 4.39 Å². The van der Waals surface area contributed by atoms with Crippen LogP contribution in [0.15, 0.2) is 65.6 Å². The van der Waals surface area contributed by atoms with Gasteiger partial charge in [-0.15, -0.1) is 0 Å². The number of rotatable bonds is 3. The molecule has 0 amide bonds. The minimum absolute atomic E-state index is 0.0253. The average Bonchev–Trinajstić information content (AvgIpc) is 2.89. The molecule has 0 saturated heterocycles. The van der Waals surface area contributed by atoms with Gasteiger partial charge in [-0.2, -0.15) is 4.72 Å². The highest BCUT2D eigenvalue weighted by molar-refractivity contribution is 7.90. The number of halogens is 1. The standard InChI is InChI=1S/C20H16FNO4S/c1-2-26-19(23)20(16-9-5-7-13-6-3-4-8-15(13)16)17-12-14(21)10-11-18(17)27(24,25)22-20/h3-12,22H,2H2,1H3/t20-/m1/s1. The van der Waals surface area contributed by atoms with Gasteiger partial charge in [-0.25, -0.2) is 17.6 Å². The number of fused-ring (bicyclic) bond motifs is 2. The van der Waals surface area contributed by atoms with Crippen LogP contribution in [0.3, 0.4) is 0 Å². The van der Waals surface area contributed by atoms with Gasteiger partial charge in [0.2, 0.25) is 10.0 Å². The van der Waals surface area contributed by atoms with Gasteiger partial charge in [0, 0.05) is 5.56 Å². The zero-order valence-corrected chi connectivity index (χ0v) is 15.2. The molecule has 7 heteroatoms. The molecule has 3 aromatic carbocycles. The molecule has 3 aromatic rings. The molecule has 0 unspecified atom stereocenters. The van der Waals surface area contributed by atoms with Crippen molar-refractivity contribution >= 4 is 26.8 Å². The molecule has 27 heavy (non-hydrogen) atoms. The third kappa shape index (κ3) is 2.54. The van der Waals surface area contributed by atoms with Crippen LogP contribution in [0.25, 0.3) is 10.8 Å². The van der Waals surface area contributed by atoms with Gasteiger partial charge in [0.25, 0.3) is 0 Å². The van der Waals surface area contributed by atoms with Crippen molar-refractivity contribution in [2.75, 3.05) is 6.61 Å². The Bertz CT molecular complexity index is 1170. The van der Waals surface area contributed by atoms with Gasteiger partial charge in [0.05, 0.1) is 11.5 Å². The molecule has 5 nitrogen and oxygen atoms in total. The minimum atomic E-state index is -4.03. The highest BCUT2D eigenvalue weighted by atomic mass is 32.2. The fraction of sp³-hybridized carbons (Fsp3) is 0.150. The lowest BCUT2D eigenvalue weighted by molar-refractivity contribution is -0.148. The summed E-state index contributed by atoms with van der Waals surface area (Å²) in [6.45, 7) is 1.68. The SMILES string of the molecule is CCOC(=O)[C@]1(c2cccc3ccccc23)NS(=O)(=O)c2ccc(F)cc21. The van der Waals surface area contributed by atoms with Crippen molar-refractivity contribution in [2.45, 2.75) is 17.4 Å². The fourth-order valence-electron chi connectivity index (χ4n) is 3.59. The summed E-state index contributed by atoms with van der Waals surface area (Å²) >= 11 is 0. The third-order valence-electron chi connectivity index (χ3n) is 4.70.